The van der Waals surface area contributed by atoms with Crippen LogP contribution in [0.2, 0.25) is 0 Å². The molecule has 1 N–H and O–H groups in total. The second-order valence-corrected chi connectivity index (χ2v) is 2.96. The Morgan fingerprint density at radius 2 is 2.23 bits per heavy atom. The minimum atomic E-state index is -0.126. The molecule has 0 spiro atoms. The largest absolute Gasteiger partial charge is 0.459 e. The monoisotopic (exact) mass is 181 g/mol. The Morgan fingerprint density at radius 3 is 2.69 bits per heavy atom. The van der Waals surface area contributed by atoms with Crippen LogP contribution in [0.3, 0.4) is 0 Å². The SMILES string of the molecule is CCC(CC)NC(=O)c1ccco1. The van der Waals surface area contributed by atoms with Crippen molar-refractivity contribution in [1.29, 1.82) is 0 Å². The topological polar surface area (TPSA) is 42.2 Å². The first kappa shape index (κ1) is 9.84. The molecule has 72 valence electrons. The lowest BCUT2D eigenvalue weighted by molar-refractivity contribution is 0.0907. The van der Waals surface area contributed by atoms with Crippen molar-refractivity contribution >= 4 is 5.91 Å². The molecule has 13 heavy (non-hydrogen) atoms. The van der Waals surface area contributed by atoms with Crippen molar-refractivity contribution in [1.82, 2.24) is 5.32 Å². The van der Waals surface area contributed by atoms with Gasteiger partial charge in [-0.3, -0.25) is 4.79 Å². The van der Waals surface area contributed by atoms with E-state index in [1.54, 1.807) is 12.1 Å². The van der Waals surface area contributed by atoms with E-state index in [-0.39, 0.29) is 11.9 Å². The Kier molecular flexibility index (Phi) is 3.55. The van der Waals surface area contributed by atoms with Crippen LogP contribution >= 0.6 is 0 Å². The van der Waals surface area contributed by atoms with Crippen LogP contribution in [0.25, 0.3) is 0 Å². The summed E-state index contributed by atoms with van der Waals surface area (Å²) < 4.78 is 4.97. The highest BCUT2D eigenvalue weighted by Crippen LogP contribution is 2.02. The van der Waals surface area contributed by atoms with Gasteiger partial charge in [0.15, 0.2) is 5.76 Å². The first-order valence-corrected chi connectivity index (χ1v) is 4.62. The third kappa shape index (κ3) is 2.61. The quantitative estimate of drug-likeness (QED) is 0.773. The number of furan rings is 1. The normalized spacial score (nSPS) is 10.4. The number of carbonyl (C=O) groups is 1. The fourth-order valence-electron chi connectivity index (χ4n) is 1.16. The fraction of sp³-hybridized carbons (Fsp3) is 0.500. The maximum Gasteiger partial charge on any atom is 0.287 e. The van der Waals surface area contributed by atoms with E-state index in [2.05, 4.69) is 19.2 Å². The van der Waals surface area contributed by atoms with E-state index < -0.39 is 0 Å². The fourth-order valence-corrected chi connectivity index (χ4v) is 1.16. The summed E-state index contributed by atoms with van der Waals surface area (Å²) in [7, 11) is 0. The lowest BCUT2D eigenvalue weighted by Gasteiger charge is -2.12. The van der Waals surface area contributed by atoms with E-state index in [4.69, 9.17) is 4.42 Å². The van der Waals surface area contributed by atoms with E-state index in [1.165, 1.54) is 6.26 Å². The average molecular weight is 181 g/mol. The highest BCUT2D eigenvalue weighted by Gasteiger charge is 2.11. The molecule has 1 amide bonds. The molecular formula is C10H15NO2. The molecule has 0 aromatic carbocycles. The molecule has 1 aromatic rings. The van der Waals surface area contributed by atoms with Gasteiger partial charge in [0, 0.05) is 6.04 Å². The van der Waals surface area contributed by atoms with Crippen molar-refractivity contribution in [2.75, 3.05) is 0 Å². The molecule has 0 saturated carbocycles. The smallest absolute Gasteiger partial charge is 0.287 e. The summed E-state index contributed by atoms with van der Waals surface area (Å²) in [5.74, 6) is 0.255. The average Bonchev–Trinajstić information content (AvgIpc) is 2.66. The van der Waals surface area contributed by atoms with Crippen LogP contribution in [0.4, 0.5) is 0 Å². The Hall–Kier alpha value is -1.25. The summed E-state index contributed by atoms with van der Waals surface area (Å²) in [4.78, 5) is 11.4. The van der Waals surface area contributed by atoms with Crippen LogP contribution in [-0.2, 0) is 0 Å². The maximum atomic E-state index is 11.4. The zero-order valence-corrected chi connectivity index (χ0v) is 8.04. The summed E-state index contributed by atoms with van der Waals surface area (Å²) in [5, 5.41) is 2.89. The van der Waals surface area contributed by atoms with Gasteiger partial charge in [0.05, 0.1) is 6.26 Å². The van der Waals surface area contributed by atoms with E-state index >= 15 is 0 Å². The first-order valence-electron chi connectivity index (χ1n) is 4.62. The molecular weight excluding hydrogens is 166 g/mol. The Labute approximate surface area is 78.1 Å². The van der Waals surface area contributed by atoms with Gasteiger partial charge >= 0.3 is 0 Å². The van der Waals surface area contributed by atoms with Gasteiger partial charge in [0.2, 0.25) is 0 Å². The predicted octanol–water partition coefficient (Wildman–Crippen LogP) is 2.20. The third-order valence-corrected chi connectivity index (χ3v) is 2.07. The second kappa shape index (κ2) is 4.70. The molecule has 1 heterocycles. The molecule has 1 rings (SSSR count). The Bertz CT molecular complexity index is 250. The van der Waals surface area contributed by atoms with Gasteiger partial charge in [0.1, 0.15) is 0 Å². The zero-order chi connectivity index (χ0) is 9.68. The number of hydrogen-bond donors (Lipinski definition) is 1. The molecule has 0 aliphatic carbocycles. The third-order valence-electron chi connectivity index (χ3n) is 2.07. The van der Waals surface area contributed by atoms with Crippen LogP contribution in [-0.4, -0.2) is 11.9 Å². The molecule has 3 heteroatoms. The van der Waals surface area contributed by atoms with E-state index in [9.17, 15) is 4.79 Å². The lowest BCUT2D eigenvalue weighted by atomic mass is 10.2. The van der Waals surface area contributed by atoms with Gasteiger partial charge in [-0.05, 0) is 25.0 Å². The molecule has 0 radical (unpaired) electrons. The first-order chi connectivity index (χ1) is 6.27. The summed E-state index contributed by atoms with van der Waals surface area (Å²) >= 11 is 0. The summed E-state index contributed by atoms with van der Waals surface area (Å²) in [6.45, 7) is 4.10. The minimum absolute atomic E-state index is 0.126. The van der Waals surface area contributed by atoms with E-state index in [0.29, 0.717) is 5.76 Å². The van der Waals surface area contributed by atoms with Crippen LogP contribution in [0.5, 0.6) is 0 Å². The highest BCUT2D eigenvalue weighted by atomic mass is 16.3. The van der Waals surface area contributed by atoms with Crippen molar-refractivity contribution < 1.29 is 9.21 Å². The van der Waals surface area contributed by atoms with Gasteiger partial charge in [-0.2, -0.15) is 0 Å². The van der Waals surface area contributed by atoms with Gasteiger partial charge in [-0.25, -0.2) is 0 Å². The molecule has 0 aliphatic rings. The highest BCUT2D eigenvalue weighted by molar-refractivity contribution is 5.91. The van der Waals surface area contributed by atoms with Crippen LogP contribution in [0, 0.1) is 0 Å². The molecule has 0 atom stereocenters. The molecule has 3 nitrogen and oxygen atoms in total. The predicted molar refractivity (Wildman–Crippen MR) is 50.5 cm³/mol. The summed E-state index contributed by atoms with van der Waals surface area (Å²) in [6.07, 6.45) is 3.40. The van der Waals surface area contributed by atoms with Gasteiger partial charge < -0.3 is 9.73 Å². The van der Waals surface area contributed by atoms with E-state index in [0.717, 1.165) is 12.8 Å². The van der Waals surface area contributed by atoms with Crippen molar-refractivity contribution in [3.63, 3.8) is 0 Å². The molecule has 1 aromatic heterocycles. The maximum absolute atomic E-state index is 11.4. The second-order valence-electron chi connectivity index (χ2n) is 2.96. The standard InChI is InChI=1S/C10H15NO2/c1-3-8(4-2)11-10(12)9-6-5-7-13-9/h5-8H,3-4H2,1-2H3,(H,11,12). The lowest BCUT2D eigenvalue weighted by Crippen LogP contribution is -2.33. The number of hydrogen-bond acceptors (Lipinski definition) is 2. The number of carbonyl (C=O) groups excluding carboxylic acids is 1. The molecule has 0 bridgehead atoms. The van der Waals surface area contributed by atoms with Crippen molar-refractivity contribution in [2.45, 2.75) is 32.7 Å². The molecule has 0 aliphatic heterocycles. The summed E-state index contributed by atoms with van der Waals surface area (Å²) in [6, 6.07) is 3.62. The van der Waals surface area contributed by atoms with Crippen molar-refractivity contribution in [3.05, 3.63) is 24.2 Å². The van der Waals surface area contributed by atoms with Gasteiger partial charge in [-0.1, -0.05) is 13.8 Å². The molecule has 0 unspecified atom stereocenters. The number of rotatable bonds is 4. The van der Waals surface area contributed by atoms with Gasteiger partial charge in [0.25, 0.3) is 5.91 Å². The summed E-state index contributed by atoms with van der Waals surface area (Å²) in [5.41, 5.74) is 0. The van der Waals surface area contributed by atoms with E-state index in [1.807, 2.05) is 0 Å². The van der Waals surface area contributed by atoms with Gasteiger partial charge in [-0.15, -0.1) is 0 Å². The Balaban J connectivity index is 2.50. The van der Waals surface area contributed by atoms with Crippen LogP contribution in [0.15, 0.2) is 22.8 Å². The number of amides is 1. The molecule has 0 fully saturated rings. The zero-order valence-electron chi connectivity index (χ0n) is 8.04. The van der Waals surface area contributed by atoms with Crippen molar-refractivity contribution in [2.24, 2.45) is 0 Å². The van der Waals surface area contributed by atoms with Crippen LogP contribution in [0.1, 0.15) is 37.2 Å². The van der Waals surface area contributed by atoms with Crippen molar-refractivity contribution in [3.8, 4) is 0 Å². The van der Waals surface area contributed by atoms with Crippen LogP contribution < -0.4 is 5.32 Å². The minimum Gasteiger partial charge on any atom is -0.459 e. The molecule has 0 saturated heterocycles. The number of nitrogens with one attached hydrogen (secondary N) is 1. The Morgan fingerprint density at radius 1 is 1.54 bits per heavy atom.